The number of hydrogen-bond donors (Lipinski definition) is 1. The molecule has 1 heterocycles. The first kappa shape index (κ1) is 23.2. The first-order chi connectivity index (χ1) is 14.5. The summed E-state index contributed by atoms with van der Waals surface area (Å²) in [6.07, 6.45) is 2.62. The van der Waals surface area contributed by atoms with Crippen LogP contribution in [0.4, 0.5) is 15.8 Å². The van der Waals surface area contributed by atoms with Crippen molar-refractivity contribution in [2.45, 2.75) is 30.7 Å². The monoisotopic (exact) mass is 469 g/mol. The van der Waals surface area contributed by atoms with Crippen molar-refractivity contribution in [1.29, 1.82) is 0 Å². The van der Waals surface area contributed by atoms with Crippen molar-refractivity contribution in [2.75, 3.05) is 29.0 Å². The molecule has 1 amide bonds. The maximum absolute atomic E-state index is 13.2. The highest BCUT2D eigenvalue weighted by Gasteiger charge is 2.30. The predicted octanol–water partition coefficient (Wildman–Crippen LogP) is 2.40. The molecule has 0 spiro atoms. The SMILES string of the molecule is C[C@@H](C(=O)Nc1ccc(S(=O)(=O)N2CCCC2)cc1)N(c1ccc(F)cc1)S(C)(=O)=O. The van der Waals surface area contributed by atoms with E-state index in [0.29, 0.717) is 18.8 Å². The van der Waals surface area contributed by atoms with Crippen LogP contribution in [0.25, 0.3) is 0 Å². The Bertz CT molecular complexity index is 1140. The molecule has 0 unspecified atom stereocenters. The molecule has 1 aliphatic heterocycles. The van der Waals surface area contributed by atoms with E-state index in [1.165, 1.54) is 47.6 Å². The smallest absolute Gasteiger partial charge is 0.247 e. The number of amides is 1. The number of benzene rings is 2. The van der Waals surface area contributed by atoms with E-state index in [2.05, 4.69) is 5.32 Å². The van der Waals surface area contributed by atoms with E-state index in [4.69, 9.17) is 0 Å². The van der Waals surface area contributed by atoms with Gasteiger partial charge in [0.2, 0.25) is 26.0 Å². The van der Waals surface area contributed by atoms with Crippen molar-refractivity contribution >= 4 is 37.3 Å². The largest absolute Gasteiger partial charge is 0.324 e. The fourth-order valence-corrected chi connectivity index (χ4v) is 6.12. The maximum atomic E-state index is 13.2. The Morgan fingerprint density at radius 2 is 1.55 bits per heavy atom. The van der Waals surface area contributed by atoms with Gasteiger partial charge in [-0.1, -0.05) is 0 Å². The molecule has 0 saturated carbocycles. The van der Waals surface area contributed by atoms with Crippen molar-refractivity contribution < 1.29 is 26.0 Å². The summed E-state index contributed by atoms with van der Waals surface area (Å²) in [5.74, 6) is -1.15. The number of rotatable bonds is 7. The van der Waals surface area contributed by atoms with E-state index in [9.17, 15) is 26.0 Å². The van der Waals surface area contributed by atoms with E-state index in [1.54, 1.807) is 0 Å². The lowest BCUT2D eigenvalue weighted by molar-refractivity contribution is -0.116. The van der Waals surface area contributed by atoms with Crippen molar-refractivity contribution in [3.63, 3.8) is 0 Å². The summed E-state index contributed by atoms with van der Waals surface area (Å²) in [6, 6.07) is 9.36. The zero-order valence-corrected chi connectivity index (χ0v) is 18.8. The Labute approximate surface area is 181 Å². The van der Waals surface area contributed by atoms with Gasteiger partial charge in [0.15, 0.2) is 0 Å². The van der Waals surface area contributed by atoms with Crippen LogP contribution in [-0.4, -0.2) is 52.4 Å². The van der Waals surface area contributed by atoms with E-state index >= 15 is 0 Å². The lowest BCUT2D eigenvalue weighted by Gasteiger charge is -2.28. The van der Waals surface area contributed by atoms with Gasteiger partial charge in [0.05, 0.1) is 16.8 Å². The number of carbonyl (C=O) groups is 1. The number of hydrogen-bond acceptors (Lipinski definition) is 5. The molecule has 1 aliphatic rings. The Morgan fingerprint density at radius 1 is 1.00 bits per heavy atom. The minimum absolute atomic E-state index is 0.129. The van der Waals surface area contributed by atoms with Gasteiger partial charge in [-0.05, 0) is 68.3 Å². The highest BCUT2D eigenvalue weighted by molar-refractivity contribution is 7.92. The molecule has 0 aromatic heterocycles. The van der Waals surface area contributed by atoms with Crippen molar-refractivity contribution in [3.8, 4) is 0 Å². The quantitative estimate of drug-likeness (QED) is 0.671. The third kappa shape index (κ3) is 5.23. The lowest BCUT2D eigenvalue weighted by Crippen LogP contribution is -2.45. The van der Waals surface area contributed by atoms with Crippen LogP contribution in [0.2, 0.25) is 0 Å². The third-order valence-electron chi connectivity index (χ3n) is 4.99. The number of carbonyl (C=O) groups excluding carboxylic acids is 1. The molecule has 168 valence electrons. The maximum Gasteiger partial charge on any atom is 0.247 e. The molecule has 1 fully saturated rings. The minimum Gasteiger partial charge on any atom is -0.324 e. The van der Waals surface area contributed by atoms with Gasteiger partial charge in [-0.3, -0.25) is 9.10 Å². The Balaban J connectivity index is 1.77. The van der Waals surface area contributed by atoms with Crippen LogP contribution in [0.15, 0.2) is 53.4 Å². The molecule has 11 heteroatoms. The lowest BCUT2D eigenvalue weighted by atomic mass is 10.2. The molecule has 2 aromatic carbocycles. The van der Waals surface area contributed by atoms with Gasteiger partial charge in [0.25, 0.3) is 0 Å². The van der Waals surface area contributed by atoms with Crippen LogP contribution < -0.4 is 9.62 Å². The van der Waals surface area contributed by atoms with Gasteiger partial charge in [-0.25, -0.2) is 21.2 Å². The third-order valence-corrected chi connectivity index (χ3v) is 8.15. The zero-order valence-electron chi connectivity index (χ0n) is 17.2. The average Bonchev–Trinajstić information content (AvgIpc) is 3.25. The molecule has 0 bridgehead atoms. The van der Waals surface area contributed by atoms with Gasteiger partial charge in [-0.15, -0.1) is 0 Å². The standard InChI is InChI=1S/C20H24FN3O5S2/c1-15(24(30(2,26)27)18-9-5-16(21)6-10-18)20(25)22-17-7-11-19(12-8-17)31(28,29)23-13-3-4-14-23/h5-12,15H,3-4,13-14H2,1-2H3,(H,22,25)/t15-/m0/s1. The van der Waals surface area contributed by atoms with Crippen LogP contribution >= 0.6 is 0 Å². The second-order valence-electron chi connectivity index (χ2n) is 7.34. The van der Waals surface area contributed by atoms with Crippen LogP contribution in [-0.2, 0) is 24.8 Å². The summed E-state index contributed by atoms with van der Waals surface area (Å²) in [6.45, 7) is 2.39. The highest BCUT2D eigenvalue weighted by atomic mass is 32.2. The molecule has 3 rings (SSSR count). The van der Waals surface area contributed by atoms with E-state index in [1.807, 2.05) is 0 Å². The van der Waals surface area contributed by atoms with Crippen LogP contribution in [0.3, 0.4) is 0 Å². The second kappa shape index (κ2) is 8.93. The minimum atomic E-state index is -3.84. The fraction of sp³-hybridized carbons (Fsp3) is 0.350. The Morgan fingerprint density at radius 3 is 2.06 bits per heavy atom. The van der Waals surface area contributed by atoms with Crippen LogP contribution in [0, 0.1) is 5.82 Å². The van der Waals surface area contributed by atoms with Gasteiger partial charge in [0.1, 0.15) is 11.9 Å². The van der Waals surface area contributed by atoms with Gasteiger partial charge < -0.3 is 5.32 Å². The average molecular weight is 470 g/mol. The van der Waals surface area contributed by atoms with E-state index in [0.717, 1.165) is 35.5 Å². The Hall–Kier alpha value is -2.50. The molecule has 2 aromatic rings. The van der Waals surface area contributed by atoms with Crippen LogP contribution in [0.1, 0.15) is 19.8 Å². The van der Waals surface area contributed by atoms with Crippen molar-refractivity contribution in [2.24, 2.45) is 0 Å². The predicted molar refractivity (Wildman–Crippen MR) is 116 cm³/mol. The number of halogens is 1. The molecule has 0 radical (unpaired) electrons. The Kier molecular flexibility index (Phi) is 6.68. The molecule has 31 heavy (non-hydrogen) atoms. The first-order valence-electron chi connectivity index (χ1n) is 9.66. The van der Waals surface area contributed by atoms with Gasteiger partial charge in [0, 0.05) is 18.8 Å². The van der Waals surface area contributed by atoms with E-state index in [-0.39, 0.29) is 10.6 Å². The summed E-state index contributed by atoms with van der Waals surface area (Å²) < 4.78 is 65.3. The van der Waals surface area contributed by atoms with Crippen molar-refractivity contribution in [3.05, 3.63) is 54.3 Å². The van der Waals surface area contributed by atoms with Gasteiger partial charge in [-0.2, -0.15) is 4.31 Å². The zero-order chi connectivity index (χ0) is 22.8. The topological polar surface area (TPSA) is 104 Å². The summed E-state index contributed by atoms with van der Waals surface area (Å²) >= 11 is 0. The molecule has 1 N–H and O–H groups in total. The summed E-state index contributed by atoms with van der Waals surface area (Å²) in [5.41, 5.74) is 0.475. The number of anilines is 2. The van der Waals surface area contributed by atoms with Crippen molar-refractivity contribution in [1.82, 2.24) is 4.31 Å². The fourth-order valence-electron chi connectivity index (χ4n) is 3.43. The van der Waals surface area contributed by atoms with E-state index < -0.39 is 37.8 Å². The molecular weight excluding hydrogens is 445 g/mol. The molecule has 1 atom stereocenters. The number of sulfonamides is 2. The normalized spacial score (nSPS) is 16.1. The second-order valence-corrected chi connectivity index (χ2v) is 11.1. The molecule has 0 aliphatic carbocycles. The molecule has 8 nitrogen and oxygen atoms in total. The van der Waals surface area contributed by atoms with Gasteiger partial charge >= 0.3 is 0 Å². The first-order valence-corrected chi connectivity index (χ1v) is 12.9. The molecule has 1 saturated heterocycles. The highest BCUT2D eigenvalue weighted by Crippen LogP contribution is 2.24. The molecular formula is C20H24FN3O5S2. The number of nitrogens with zero attached hydrogens (tertiary/aromatic N) is 2. The summed E-state index contributed by atoms with van der Waals surface area (Å²) in [5, 5.41) is 2.60. The van der Waals surface area contributed by atoms with Crippen LogP contribution in [0.5, 0.6) is 0 Å². The summed E-state index contributed by atoms with van der Waals surface area (Å²) in [4.78, 5) is 12.8. The number of nitrogens with one attached hydrogen (secondary N) is 1. The summed E-state index contributed by atoms with van der Waals surface area (Å²) in [7, 11) is -7.41.